The van der Waals surface area contributed by atoms with Crippen LogP contribution in [0.1, 0.15) is 0 Å². The molecule has 3 rings (SSSR count). The number of rotatable bonds is 7. The largest absolute Gasteiger partial charge is 0.324 e. The quantitative estimate of drug-likeness (QED) is 0.361. The summed E-state index contributed by atoms with van der Waals surface area (Å²) in [6.07, 6.45) is 1.75. The lowest BCUT2D eigenvalue weighted by Crippen LogP contribution is -2.15. The van der Waals surface area contributed by atoms with Gasteiger partial charge >= 0.3 is 0 Å². The lowest BCUT2D eigenvalue weighted by Gasteiger charge is -2.09. The van der Waals surface area contributed by atoms with Gasteiger partial charge in [-0.05, 0) is 42.5 Å². The summed E-state index contributed by atoms with van der Waals surface area (Å²) in [5.41, 5.74) is 1.38. The third kappa shape index (κ3) is 5.08. The maximum atomic E-state index is 12.3. The van der Waals surface area contributed by atoms with Crippen LogP contribution in [0, 0.1) is 0 Å². The first-order valence-corrected chi connectivity index (χ1v) is 10.3. The standard InChI is InChI=1S/C19H15Cl3N4OS/c1-2-9-26-18(12-3-5-13(20)6-4-12)24-25-19(26)28-11-17(27)23-16-8-7-14(21)10-15(16)22/h2-8,10H,1,9,11H2,(H,23,27). The van der Waals surface area contributed by atoms with Gasteiger partial charge in [0.1, 0.15) is 0 Å². The van der Waals surface area contributed by atoms with Crippen LogP contribution in [0.25, 0.3) is 11.4 Å². The highest BCUT2D eigenvalue weighted by Crippen LogP contribution is 2.27. The van der Waals surface area contributed by atoms with Crippen LogP contribution in [-0.4, -0.2) is 26.4 Å². The van der Waals surface area contributed by atoms with Crippen molar-refractivity contribution in [1.29, 1.82) is 0 Å². The number of benzene rings is 2. The maximum Gasteiger partial charge on any atom is 0.234 e. The van der Waals surface area contributed by atoms with Gasteiger partial charge in [-0.1, -0.05) is 52.6 Å². The van der Waals surface area contributed by atoms with E-state index < -0.39 is 0 Å². The van der Waals surface area contributed by atoms with Gasteiger partial charge in [0.2, 0.25) is 5.91 Å². The van der Waals surface area contributed by atoms with E-state index in [1.54, 1.807) is 36.4 Å². The summed E-state index contributed by atoms with van der Waals surface area (Å²) in [6, 6.07) is 12.2. The van der Waals surface area contributed by atoms with Crippen LogP contribution >= 0.6 is 46.6 Å². The fourth-order valence-corrected chi connectivity index (χ4v) is 3.74. The Morgan fingerprint density at radius 2 is 1.82 bits per heavy atom. The van der Waals surface area contributed by atoms with E-state index in [2.05, 4.69) is 22.1 Å². The SMILES string of the molecule is C=CCn1c(SCC(=O)Nc2ccc(Cl)cc2Cl)nnc1-c1ccc(Cl)cc1. The van der Waals surface area contributed by atoms with E-state index in [9.17, 15) is 4.79 Å². The topological polar surface area (TPSA) is 59.8 Å². The Morgan fingerprint density at radius 3 is 2.50 bits per heavy atom. The predicted molar refractivity (Wildman–Crippen MR) is 116 cm³/mol. The molecule has 2 aromatic carbocycles. The Morgan fingerprint density at radius 1 is 1.11 bits per heavy atom. The highest BCUT2D eigenvalue weighted by molar-refractivity contribution is 7.99. The molecule has 9 heteroatoms. The number of carbonyl (C=O) groups is 1. The molecule has 0 aliphatic carbocycles. The average molecular weight is 454 g/mol. The van der Waals surface area contributed by atoms with Crippen LogP contribution in [0.3, 0.4) is 0 Å². The summed E-state index contributed by atoms with van der Waals surface area (Å²) in [6.45, 7) is 4.29. The van der Waals surface area contributed by atoms with Gasteiger partial charge in [0.15, 0.2) is 11.0 Å². The number of allylic oxidation sites excluding steroid dienone is 1. The van der Waals surface area contributed by atoms with Gasteiger partial charge in [0.25, 0.3) is 0 Å². The van der Waals surface area contributed by atoms with Crippen molar-refractivity contribution in [3.63, 3.8) is 0 Å². The van der Waals surface area contributed by atoms with E-state index >= 15 is 0 Å². The highest BCUT2D eigenvalue weighted by atomic mass is 35.5. The van der Waals surface area contributed by atoms with E-state index in [0.29, 0.717) is 38.3 Å². The van der Waals surface area contributed by atoms with Gasteiger partial charge in [-0.25, -0.2) is 0 Å². The van der Waals surface area contributed by atoms with Gasteiger partial charge in [-0.15, -0.1) is 16.8 Å². The number of halogens is 3. The molecule has 1 amide bonds. The fourth-order valence-electron chi connectivity index (χ4n) is 2.41. The summed E-state index contributed by atoms with van der Waals surface area (Å²) in [5, 5.41) is 13.4. The van der Waals surface area contributed by atoms with Gasteiger partial charge < -0.3 is 5.32 Å². The number of thioether (sulfide) groups is 1. The van der Waals surface area contributed by atoms with Crippen molar-refractivity contribution < 1.29 is 4.79 Å². The number of anilines is 1. The number of aromatic nitrogens is 3. The number of carbonyl (C=O) groups excluding carboxylic acids is 1. The molecule has 1 heterocycles. The van der Waals surface area contributed by atoms with Crippen LogP contribution < -0.4 is 5.32 Å². The molecule has 3 aromatic rings. The monoisotopic (exact) mass is 452 g/mol. The molecule has 28 heavy (non-hydrogen) atoms. The zero-order valence-electron chi connectivity index (χ0n) is 14.5. The minimum Gasteiger partial charge on any atom is -0.324 e. The summed E-state index contributed by atoms with van der Waals surface area (Å²) in [4.78, 5) is 12.3. The molecule has 1 aromatic heterocycles. The van der Waals surface area contributed by atoms with Crippen LogP contribution in [0.4, 0.5) is 5.69 Å². The first-order chi connectivity index (χ1) is 13.5. The molecule has 1 N–H and O–H groups in total. The van der Waals surface area contributed by atoms with Gasteiger partial charge in [-0.2, -0.15) is 0 Å². The smallest absolute Gasteiger partial charge is 0.234 e. The fraction of sp³-hybridized carbons (Fsp3) is 0.105. The number of hydrogen-bond donors (Lipinski definition) is 1. The minimum absolute atomic E-state index is 0.148. The van der Waals surface area contributed by atoms with E-state index in [-0.39, 0.29) is 11.7 Å². The van der Waals surface area contributed by atoms with Crippen molar-refractivity contribution in [2.75, 3.05) is 11.1 Å². The van der Waals surface area contributed by atoms with Crippen molar-refractivity contribution in [3.8, 4) is 11.4 Å². The third-order valence-electron chi connectivity index (χ3n) is 3.67. The van der Waals surface area contributed by atoms with Crippen molar-refractivity contribution in [1.82, 2.24) is 14.8 Å². The zero-order chi connectivity index (χ0) is 20.1. The molecule has 0 saturated carbocycles. The molecule has 5 nitrogen and oxygen atoms in total. The third-order valence-corrected chi connectivity index (χ3v) is 5.44. The molecule has 0 spiro atoms. The molecule has 0 fully saturated rings. The summed E-state index contributed by atoms with van der Waals surface area (Å²) >= 11 is 19.2. The molecular weight excluding hydrogens is 439 g/mol. The Hall–Kier alpha value is -1.99. The predicted octanol–water partition coefficient (Wildman–Crippen LogP) is 5.82. The Labute approximate surface area is 181 Å². The lowest BCUT2D eigenvalue weighted by atomic mass is 10.2. The molecule has 0 aliphatic rings. The van der Waals surface area contributed by atoms with Crippen molar-refractivity contribution in [3.05, 3.63) is 70.2 Å². The highest BCUT2D eigenvalue weighted by Gasteiger charge is 2.15. The molecular formula is C19H15Cl3N4OS. The Balaban J connectivity index is 1.72. The second kappa shape index (κ2) is 9.47. The van der Waals surface area contributed by atoms with Crippen molar-refractivity contribution >= 4 is 58.2 Å². The summed E-state index contributed by atoms with van der Waals surface area (Å²) in [7, 11) is 0. The Bertz CT molecular complexity index is 1000. The zero-order valence-corrected chi connectivity index (χ0v) is 17.6. The summed E-state index contributed by atoms with van der Waals surface area (Å²) in [5.74, 6) is 0.616. The first kappa shape index (κ1) is 20.7. The number of nitrogens with one attached hydrogen (secondary N) is 1. The molecule has 0 saturated heterocycles. The maximum absolute atomic E-state index is 12.3. The van der Waals surface area contributed by atoms with E-state index in [1.807, 2.05) is 16.7 Å². The van der Waals surface area contributed by atoms with Crippen molar-refractivity contribution in [2.45, 2.75) is 11.7 Å². The molecule has 144 valence electrons. The molecule has 0 unspecified atom stereocenters. The molecule has 0 bridgehead atoms. The Kier molecular flexibility index (Phi) is 7.02. The van der Waals surface area contributed by atoms with Gasteiger partial charge in [0.05, 0.1) is 16.5 Å². The summed E-state index contributed by atoms with van der Waals surface area (Å²) < 4.78 is 1.89. The average Bonchev–Trinajstić information content (AvgIpc) is 3.06. The van der Waals surface area contributed by atoms with E-state index in [0.717, 1.165) is 5.56 Å². The lowest BCUT2D eigenvalue weighted by molar-refractivity contribution is -0.113. The van der Waals surface area contributed by atoms with Crippen molar-refractivity contribution in [2.24, 2.45) is 0 Å². The number of hydrogen-bond acceptors (Lipinski definition) is 4. The minimum atomic E-state index is -0.213. The first-order valence-electron chi connectivity index (χ1n) is 8.15. The molecule has 0 atom stereocenters. The van der Waals surface area contributed by atoms with Gasteiger partial charge in [0, 0.05) is 22.2 Å². The second-order valence-corrected chi connectivity index (χ2v) is 7.90. The normalized spacial score (nSPS) is 10.7. The van der Waals surface area contributed by atoms with Crippen LogP contribution in [0.2, 0.25) is 15.1 Å². The van der Waals surface area contributed by atoms with Crippen LogP contribution in [-0.2, 0) is 11.3 Å². The number of nitrogens with zero attached hydrogens (tertiary/aromatic N) is 3. The number of amides is 1. The van der Waals surface area contributed by atoms with Crippen LogP contribution in [0.5, 0.6) is 0 Å². The molecule has 0 aliphatic heterocycles. The van der Waals surface area contributed by atoms with E-state index in [4.69, 9.17) is 34.8 Å². The van der Waals surface area contributed by atoms with Gasteiger partial charge in [-0.3, -0.25) is 9.36 Å². The second-order valence-electron chi connectivity index (χ2n) is 5.67. The molecule has 0 radical (unpaired) electrons. The van der Waals surface area contributed by atoms with Crippen LogP contribution in [0.15, 0.2) is 60.3 Å². The van der Waals surface area contributed by atoms with E-state index in [1.165, 1.54) is 11.8 Å².